The van der Waals surface area contributed by atoms with Crippen molar-refractivity contribution in [2.24, 2.45) is 0 Å². The normalized spacial score (nSPS) is 11.2. The number of allylic oxidation sites excluding steroid dienone is 5. The first-order valence-corrected chi connectivity index (χ1v) is 8.34. The second-order valence-corrected chi connectivity index (χ2v) is 9.97. The quantitative estimate of drug-likeness (QED) is 0.344. The smallest absolute Gasteiger partial charge is 1.00 e. The van der Waals surface area contributed by atoms with Gasteiger partial charge in [0.15, 0.2) is 0 Å². The van der Waals surface area contributed by atoms with Gasteiger partial charge in [-0.3, -0.25) is 6.08 Å². The third kappa shape index (κ3) is 24.1. The van der Waals surface area contributed by atoms with Crippen LogP contribution in [-0.4, -0.2) is 8.07 Å². The SMILES string of the molecule is C=C([CH2-])C[Si](C)(C)C.[C-]1=CC=CC1.[Cl-].[Cl-].[Hf+4]. The Bertz CT molecular complexity index is 208. The molecule has 0 nitrogen and oxygen atoms in total. The van der Waals surface area contributed by atoms with E-state index in [-0.39, 0.29) is 50.7 Å². The van der Waals surface area contributed by atoms with Crippen molar-refractivity contribution in [3.8, 4) is 0 Å². The Kier molecular flexibility index (Phi) is 22.1. The van der Waals surface area contributed by atoms with Gasteiger partial charge in [0.1, 0.15) is 0 Å². The predicted octanol–water partition coefficient (Wildman–Crippen LogP) is -1.97. The van der Waals surface area contributed by atoms with Crippen molar-refractivity contribution >= 4 is 8.07 Å². The van der Waals surface area contributed by atoms with E-state index in [9.17, 15) is 0 Å². The molecule has 0 bridgehead atoms. The van der Waals surface area contributed by atoms with Crippen LogP contribution in [0.2, 0.25) is 25.7 Å². The molecule has 4 heteroatoms. The molecule has 0 radical (unpaired) electrons. The molecule has 0 aromatic heterocycles. The van der Waals surface area contributed by atoms with Crippen LogP contribution in [0.3, 0.4) is 0 Å². The predicted molar refractivity (Wildman–Crippen MR) is 64.2 cm³/mol. The van der Waals surface area contributed by atoms with E-state index in [1.54, 1.807) is 0 Å². The topological polar surface area (TPSA) is 0 Å². The van der Waals surface area contributed by atoms with Crippen LogP contribution in [0.4, 0.5) is 0 Å². The third-order valence-electron chi connectivity index (χ3n) is 1.37. The zero-order chi connectivity index (χ0) is 10.3. The van der Waals surface area contributed by atoms with E-state index in [1.807, 2.05) is 12.2 Å². The van der Waals surface area contributed by atoms with Crippen molar-refractivity contribution in [1.29, 1.82) is 0 Å². The Morgan fingerprint density at radius 1 is 1.38 bits per heavy atom. The summed E-state index contributed by atoms with van der Waals surface area (Å²) in [6.45, 7) is 14.5. The summed E-state index contributed by atoms with van der Waals surface area (Å²) in [6, 6.07) is 1.16. The summed E-state index contributed by atoms with van der Waals surface area (Å²) in [6.07, 6.45) is 10.0. The molecule has 16 heavy (non-hydrogen) atoms. The van der Waals surface area contributed by atoms with Crippen molar-refractivity contribution < 1.29 is 50.7 Å². The second kappa shape index (κ2) is 13.8. The summed E-state index contributed by atoms with van der Waals surface area (Å²) in [4.78, 5) is 0. The van der Waals surface area contributed by atoms with Crippen molar-refractivity contribution in [3.63, 3.8) is 0 Å². The monoisotopic (exact) mass is 442 g/mol. The van der Waals surface area contributed by atoms with Crippen LogP contribution < -0.4 is 24.8 Å². The first-order chi connectivity index (χ1) is 5.92. The molecule has 1 rings (SSSR count). The molecule has 1 aliphatic carbocycles. The molecule has 0 atom stereocenters. The van der Waals surface area contributed by atoms with Gasteiger partial charge in [-0.05, 0) is 0 Å². The fourth-order valence-electron chi connectivity index (χ4n) is 1.09. The fraction of sp³-hybridized carbons (Fsp3) is 0.417. The molecule has 0 saturated heterocycles. The van der Waals surface area contributed by atoms with Gasteiger partial charge in [-0.25, -0.2) is 31.2 Å². The zero-order valence-electron chi connectivity index (χ0n) is 10.3. The second-order valence-electron chi connectivity index (χ2n) is 4.49. The van der Waals surface area contributed by atoms with Gasteiger partial charge in [-0.1, -0.05) is 25.7 Å². The molecule has 0 spiro atoms. The van der Waals surface area contributed by atoms with Crippen LogP contribution in [-0.2, 0) is 25.8 Å². The van der Waals surface area contributed by atoms with E-state index in [0.29, 0.717) is 0 Å². The van der Waals surface area contributed by atoms with Crippen molar-refractivity contribution in [3.05, 3.63) is 43.4 Å². The Hall–Kier alpha value is 0.757. The number of hydrogen-bond acceptors (Lipinski definition) is 0. The van der Waals surface area contributed by atoms with Crippen molar-refractivity contribution in [2.75, 3.05) is 0 Å². The maximum absolute atomic E-state index is 3.76. The van der Waals surface area contributed by atoms with E-state index in [0.717, 1.165) is 18.0 Å². The van der Waals surface area contributed by atoms with Crippen molar-refractivity contribution in [1.82, 2.24) is 0 Å². The fourth-order valence-corrected chi connectivity index (χ4v) is 2.59. The van der Waals surface area contributed by atoms with Gasteiger partial charge in [0.2, 0.25) is 0 Å². The summed E-state index contributed by atoms with van der Waals surface area (Å²) < 4.78 is 0. The van der Waals surface area contributed by atoms with Gasteiger partial charge in [-0.2, -0.15) is 6.08 Å². The van der Waals surface area contributed by atoms with Gasteiger partial charge >= 0.3 is 25.8 Å². The molecular formula is C12H20Cl2HfSi. The Labute approximate surface area is 133 Å². The maximum Gasteiger partial charge on any atom is 4.00 e. The summed E-state index contributed by atoms with van der Waals surface area (Å²) >= 11 is 0. The number of rotatable bonds is 2. The molecule has 0 fully saturated rings. The van der Waals surface area contributed by atoms with Crippen LogP contribution in [0.15, 0.2) is 30.4 Å². The molecule has 90 valence electrons. The van der Waals surface area contributed by atoms with Crippen LogP contribution in [0.25, 0.3) is 0 Å². The van der Waals surface area contributed by atoms with E-state index in [1.165, 1.54) is 0 Å². The van der Waals surface area contributed by atoms with E-state index < -0.39 is 8.07 Å². The average molecular weight is 442 g/mol. The van der Waals surface area contributed by atoms with Crippen LogP contribution in [0, 0.1) is 13.0 Å². The largest absolute Gasteiger partial charge is 4.00 e. The number of hydrogen-bond donors (Lipinski definition) is 0. The Balaban J connectivity index is -0.0000000798. The van der Waals surface area contributed by atoms with Crippen molar-refractivity contribution in [2.45, 2.75) is 32.1 Å². The zero-order valence-corrected chi connectivity index (χ0v) is 16.4. The first kappa shape index (κ1) is 25.6. The summed E-state index contributed by atoms with van der Waals surface area (Å²) in [5, 5.41) is 0. The average Bonchev–Trinajstić information content (AvgIpc) is 2.33. The van der Waals surface area contributed by atoms with Crippen LogP contribution in [0.5, 0.6) is 0 Å². The minimum atomic E-state index is -0.882. The van der Waals surface area contributed by atoms with E-state index in [2.05, 4.69) is 45.3 Å². The Morgan fingerprint density at radius 2 is 1.88 bits per heavy atom. The summed E-state index contributed by atoms with van der Waals surface area (Å²) in [7, 11) is -0.882. The molecule has 0 saturated carbocycles. The van der Waals surface area contributed by atoms with Gasteiger partial charge < -0.3 is 24.8 Å². The molecule has 0 amide bonds. The van der Waals surface area contributed by atoms with Gasteiger partial charge in [0, 0.05) is 8.07 Å². The minimum absolute atomic E-state index is 0. The summed E-state index contributed by atoms with van der Waals surface area (Å²) in [5.74, 6) is 0. The maximum atomic E-state index is 3.76. The first-order valence-electron chi connectivity index (χ1n) is 4.63. The molecule has 0 N–H and O–H groups in total. The molecule has 0 unspecified atom stereocenters. The number of halogens is 2. The molecular weight excluding hydrogens is 422 g/mol. The van der Waals surface area contributed by atoms with E-state index in [4.69, 9.17) is 0 Å². The molecule has 0 aromatic carbocycles. The Morgan fingerprint density at radius 3 is 1.94 bits per heavy atom. The van der Waals surface area contributed by atoms with Crippen LogP contribution >= 0.6 is 0 Å². The standard InChI is InChI=1S/C7H15Si.C5H5.2ClH.Hf/c1-7(2)6-8(3,4)5;1-2-4-5-3-1;;;/h1-2,6H2,3-5H3;1-3H,4H2;2*1H;/q2*-1;;;+4/p-2. The third-order valence-corrected chi connectivity index (χ3v) is 2.93. The molecule has 0 aliphatic heterocycles. The van der Waals surface area contributed by atoms with Crippen LogP contribution in [0.1, 0.15) is 6.42 Å². The van der Waals surface area contributed by atoms with Gasteiger partial charge in [-0.15, -0.1) is 6.42 Å². The minimum Gasteiger partial charge on any atom is -1.00 e. The molecule has 0 aromatic rings. The summed E-state index contributed by atoms with van der Waals surface area (Å²) in [5.41, 5.74) is 1.09. The van der Waals surface area contributed by atoms with Gasteiger partial charge in [0.05, 0.1) is 0 Å². The van der Waals surface area contributed by atoms with E-state index >= 15 is 0 Å². The van der Waals surface area contributed by atoms with Gasteiger partial charge in [0.25, 0.3) is 0 Å². The molecule has 0 heterocycles. The molecule has 1 aliphatic rings.